The van der Waals surface area contributed by atoms with Gasteiger partial charge in [0.1, 0.15) is 10.6 Å². The molecule has 0 amide bonds. The van der Waals surface area contributed by atoms with E-state index in [1.54, 1.807) is 18.2 Å². The number of aromatic nitrogens is 3. The van der Waals surface area contributed by atoms with Crippen molar-refractivity contribution >= 4 is 49.3 Å². The number of hydrogen-bond acceptors (Lipinski definition) is 4. The number of fused-ring (bicyclic) bond motifs is 3. The molecule has 1 radical (unpaired) electrons. The summed E-state index contributed by atoms with van der Waals surface area (Å²) in [7, 11) is 0. The van der Waals surface area contributed by atoms with Crippen LogP contribution in [0.3, 0.4) is 0 Å². The third kappa shape index (κ3) is 7.47. The smallest absolute Gasteiger partial charge is 0 e. The molecule has 0 atom stereocenters. The van der Waals surface area contributed by atoms with Crippen LogP contribution in [0.25, 0.3) is 53.9 Å². The Labute approximate surface area is 301 Å². The summed E-state index contributed by atoms with van der Waals surface area (Å²) in [6.45, 7) is 3.74. The molecule has 4 heterocycles. The zero-order chi connectivity index (χ0) is 35.1. The molecule has 0 spiro atoms. The minimum Gasteiger partial charge on any atom is 0 e. The Kier molecular flexibility index (Phi) is 9.35. The summed E-state index contributed by atoms with van der Waals surface area (Å²) in [5.41, 5.74) is 8.02. The topological polar surface area (TPSA) is 38.7 Å². The maximum absolute atomic E-state index is 14.9. The number of nitrogens with zero attached hydrogens (tertiary/aromatic N) is 3. The molecule has 0 N–H and O–H groups in total. The van der Waals surface area contributed by atoms with Crippen molar-refractivity contribution in [1.82, 2.24) is 15.0 Å². The van der Waals surface area contributed by atoms with Crippen LogP contribution in [0.1, 0.15) is 26.5 Å². The normalized spacial score (nSPS) is 12.4. The number of pyridine rings is 3. The van der Waals surface area contributed by atoms with Crippen LogP contribution in [0.4, 0.5) is 4.39 Å². The molecule has 3 nitrogen and oxygen atoms in total. The van der Waals surface area contributed by atoms with Gasteiger partial charge in [0.25, 0.3) is 0 Å². The minimum atomic E-state index is -2.27. The molecular formula is C40H36FGeIrN3S-2. The van der Waals surface area contributed by atoms with Gasteiger partial charge in [0.15, 0.2) is 0 Å². The van der Waals surface area contributed by atoms with Crippen molar-refractivity contribution in [2.45, 2.75) is 44.9 Å². The molecule has 0 saturated carbocycles. The van der Waals surface area contributed by atoms with E-state index < -0.39 is 20.1 Å². The second-order valence-corrected chi connectivity index (χ2v) is 24.2. The largest absolute Gasteiger partial charge is 0 e. The Morgan fingerprint density at radius 2 is 1.57 bits per heavy atom. The Balaban J connectivity index is 0.000000241. The van der Waals surface area contributed by atoms with Crippen LogP contribution in [0.5, 0.6) is 0 Å². The van der Waals surface area contributed by atoms with Crippen molar-refractivity contribution in [3.8, 4) is 33.6 Å². The molecule has 0 fully saturated rings. The predicted molar refractivity (Wildman–Crippen MR) is 195 cm³/mol. The number of benzene rings is 3. The molecule has 0 aliphatic heterocycles. The van der Waals surface area contributed by atoms with E-state index in [1.807, 2.05) is 63.4 Å². The van der Waals surface area contributed by atoms with E-state index in [-0.39, 0.29) is 31.6 Å². The first-order valence-corrected chi connectivity index (χ1v) is 23.3. The van der Waals surface area contributed by atoms with Gasteiger partial charge in [0.05, 0.1) is 6.20 Å². The molecule has 0 unspecified atom stereocenters. The zero-order valence-corrected chi connectivity index (χ0v) is 32.4. The summed E-state index contributed by atoms with van der Waals surface area (Å²) in [4.78, 5) is 13.9. The van der Waals surface area contributed by atoms with Crippen molar-refractivity contribution in [1.29, 1.82) is 0 Å². The second kappa shape index (κ2) is 14.3. The minimum absolute atomic E-state index is 0. The number of rotatable bonds is 4. The van der Waals surface area contributed by atoms with E-state index in [4.69, 9.17) is 4.11 Å². The van der Waals surface area contributed by atoms with Crippen molar-refractivity contribution in [2.24, 2.45) is 0 Å². The maximum Gasteiger partial charge on any atom is 0 e. The van der Waals surface area contributed by atoms with Gasteiger partial charge in [-0.3, -0.25) is 0 Å². The van der Waals surface area contributed by atoms with Crippen molar-refractivity contribution in [3.05, 3.63) is 132 Å². The summed E-state index contributed by atoms with van der Waals surface area (Å²) < 4.78 is 40.2. The molecule has 4 aromatic heterocycles. The average Bonchev–Trinajstić information content (AvgIpc) is 3.44. The fourth-order valence-corrected chi connectivity index (χ4v) is 9.08. The second-order valence-electron chi connectivity index (χ2n) is 12.5. The van der Waals surface area contributed by atoms with Gasteiger partial charge in [-0.15, -0.1) is 23.8 Å². The molecule has 7 rings (SSSR count). The average molecular weight is 878 g/mol. The molecule has 0 saturated heterocycles. The first kappa shape index (κ1) is 30.8. The Morgan fingerprint density at radius 1 is 0.809 bits per heavy atom. The van der Waals surface area contributed by atoms with Gasteiger partial charge >= 0.3 is 99.8 Å². The van der Waals surface area contributed by atoms with E-state index >= 15 is 0 Å². The fraction of sp³-hybridized carbons (Fsp3) is 0.175. The van der Waals surface area contributed by atoms with Gasteiger partial charge in [-0.05, 0) is 66.2 Å². The maximum atomic E-state index is 14.9. The third-order valence-electron chi connectivity index (χ3n) is 7.97. The third-order valence-corrected chi connectivity index (χ3v) is 13.4. The first-order valence-electron chi connectivity index (χ1n) is 16.6. The van der Waals surface area contributed by atoms with Gasteiger partial charge in [0.2, 0.25) is 0 Å². The fourth-order valence-electron chi connectivity index (χ4n) is 5.73. The van der Waals surface area contributed by atoms with Crippen LogP contribution in [0, 0.1) is 45.6 Å². The van der Waals surface area contributed by atoms with E-state index in [0.717, 1.165) is 54.5 Å². The SMILES string of the molecule is [2H]C([2H])([2H])c1ccc2c(n1)sc1c(-c3cc(-c4c(C)cc(C)cc4C)c(F)cn3)[c-]ccc12.[CH3][Ge]([CH3])([CH3])[c]1ccc(-c2[c-]cccc2)nc1.[Ir]. The van der Waals surface area contributed by atoms with E-state index in [0.29, 0.717) is 16.1 Å². The van der Waals surface area contributed by atoms with E-state index in [2.05, 4.69) is 68.6 Å². The number of thiophene rings is 1. The van der Waals surface area contributed by atoms with Gasteiger partial charge in [-0.1, -0.05) is 35.2 Å². The quantitative estimate of drug-likeness (QED) is 0.131. The van der Waals surface area contributed by atoms with Gasteiger partial charge < -0.3 is 4.98 Å². The summed E-state index contributed by atoms with van der Waals surface area (Å²) in [6.07, 6.45) is 3.30. The summed E-state index contributed by atoms with van der Waals surface area (Å²) >= 11 is -0.314. The van der Waals surface area contributed by atoms with E-state index in [1.165, 1.54) is 21.9 Å². The number of halogens is 1. The molecule has 3 aromatic carbocycles. The monoisotopic (exact) mass is 879 g/mol. The molecule has 47 heavy (non-hydrogen) atoms. The van der Waals surface area contributed by atoms with Gasteiger partial charge in [-0.25, -0.2) is 9.37 Å². The van der Waals surface area contributed by atoms with Crippen LogP contribution in [-0.2, 0) is 20.1 Å². The van der Waals surface area contributed by atoms with Crippen LogP contribution < -0.4 is 4.40 Å². The van der Waals surface area contributed by atoms with Crippen molar-refractivity contribution in [3.63, 3.8) is 0 Å². The van der Waals surface area contributed by atoms with Crippen molar-refractivity contribution in [2.75, 3.05) is 0 Å². The zero-order valence-electron chi connectivity index (χ0n) is 30.1. The Morgan fingerprint density at radius 3 is 2.23 bits per heavy atom. The van der Waals surface area contributed by atoms with Gasteiger partial charge in [0, 0.05) is 35.5 Å². The molecule has 0 aliphatic rings. The standard InChI is InChI=1S/C26H20FN2S.C14H16GeN.Ir/c1-14-10-15(2)24(16(3)11-14)21-12-23(28-13-22(21)27)20-7-5-6-18-19-9-8-17(4)29-26(19)30-25(18)20;1-15(2,3)13-9-10-14(16-11-13)12-7-5-4-6-8-12;/h5-6,8-13H,1-4H3;4-7,9-11H,1-3H3;/q2*-1;/i4D3;;. The molecule has 7 heteroatoms. The predicted octanol–water partition coefficient (Wildman–Crippen LogP) is 10.4. The molecule has 0 bridgehead atoms. The summed E-state index contributed by atoms with van der Waals surface area (Å²) in [5, 5.41) is 1.83. The van der Waals surface area contributed by atoms with Crippen LogP contribution in [0.15, 0.2) is 91.3 Å². The summed E-state index contributed by atoms with van der Waals surface area (Å²) in [5.74, 6) is 6.77. The van der Waals surface area contributed by atoms with Crippen LogP contribution in [0.2, 0.25) is 17.3 Å². The van der Waals surface area contributed by atoms with Crippen molar-refractivity contribution < 1.29 is 28.6 Å². The Bertz CT molecular complexity index is 2280. The van der Waals surface area contributed by atoms with E-state index in [9.17, 15) is 4.39 Å². The number of hydrogen-bond donors (Lipinski definition) is 0. The Hall–Kier alpha value is -3.55. The van der Waals surface area contributed by atoms with Gasteiger partial charge in [-0.2, -0.15) is 11.3 Å². The molecular weight excluding hydrogens is 838 g/mol. The molecule has 239 valence electrons. The number of aryl methyl sites for hydroxylation is 4. The molecule has 7 aromatic rings. The van der Waals surface area contributed by atoms with Crippen LogP contribution >= 0.6 is 11.3 Å². The molecule has 0 aliphatic carbocycles. The first-order chi connectivity index (χ1) is 23.2. The van der Waals surface area contributed by atoms with Crippen LogP contribution in [-0.4, -0.2) is 28.2 Å². The summed E-state index contributed by atoms with van der Waals surface area (Å²) in [6, 6.07) is 31.7.